The Labute approximate surface area is 248 Å². The van der Waals surface area contributed by atoms with E-state index >= 15 is 0 Å². The van der Waals surface area contributed by atoms with Gasteiger partial charge in [0.15, 0.2) is 0 Å². The van der Waals surface area contributed by atoms with Crippen molar-refractivity contribution in [1.29, 1.82) is 0 Å². The number of carbonyl (C=O) groups excluding carboxylic acids is 3. The molecule has 0 spiro atoms. The van der Waals surface area contributed by atoms with Gasteiger partial charge in [0.05, 0.1) is 6.04 Å². The molecule has 1 heterocycles. The summed E-state index contributed by atoms with van der Waals surface area (Å²) in [5.74, 6) is -1.77. The molecule has 0 saturated carbocycles. The Kier molecular flexibility index (Phi) is 9.92. The molecule has 4 rings (SSSR count). The summed E-state index contributed by atoms with van der Waals surface area (Å²) in [6.45, 7) is 1.96. The molecule has 0 radical (unpaired) electrons. The fourth-order valence-electron chi connectivity index (χ4n) is 5.19. The van der Waals surface area contributed by atoms with E-state index in [2.05, 4.69) is 0 Å². The van der Waals surface area contributed by atoms with Crippen molar-refractivity contribution in [3.8, 4) is 11.1 Å². The molecule has 12 heteroatoms. The summed E-state index contributed by atoms with van der Waals surface area (Å²) in [7, 11) is -5.73. The average Bonchev–Trinajstić information content (AvgIpc) is 3.14. The minimum Gasteiger partial charge on any atom is -0.337 e. The van der Waals surface area contributed by atoms with Crippen molar-refractivity contribution in [3.05, 3.63) is 95.6 Å². The van der Waals surface area contributed by atoms with Crippen LogP contribution in [0.5, 0.6) is 0 Å². The molecule has 2 atom stereocenters. The van der Waals surface area contributed by atoms with E-state index in [4.69, 9.17) is 15.5 Å². The van der Waals surface area contributed by atoms with Crippen LogP contribution in [-0.2, 0) is 37.6 Å². The van der Waals surface area contributed by atoms with Crippen LogP contribution < -0.4 is 5.73 Å². The molecule has 3 amide bonds. The zero-order valence-electron chi connectivity index (χ0n) is 23.6. The number of nitrogens with zero attached hydrogens (tertiary/aromatic N) is 2. The van der Waals surface area contributed by atoms with Crippen LogP contribution in [0, 0.1) is 0 Å². The number of rotatable bonds is 9. The Morgan fingerprint density at radius 1 is 0.977 bits per heavy atom. The topological polar surface area (TPSA) is 141 Å². The van der Waals surface area contributed by atoms with Gasteiger partial charge in [-0.25, -0.2) is 0 Å². The lowest BCUT2D eigenvalue weighted by molar-refractivity contribution is -0.154. The first-order chi connectivity index (χ1) is 20.3. The lowest BCUT2D eigenvalue weighted by atomic mass is 10.0. The average molecular weight is 614 g/mol. The predicted molar refractivity (Wildman–Crippen MR) is 157 cm³/mol. The molecule has 43 heavy (non-hydrogen) atoms. The summed E-state index contributed by atoms with van der Waals surface area (Å²) in [6.07, 6.45) is 1.44. The van der Waals surface area contributed by atoms with Crippen molar-refractivity contribution in [2.75, 3.05) is 6.54 Å². The summed E-state index contributed by atoms with van der Waals surface area (Å²) in [5.41, 5.74) is 4.25. The summed E-state index contributed by atoms with van der Waals surface area (Å²) in [5, 5.41) is 0. The van der Waals surface area contributed by atoms with Gasteiger partial charge in [-0.15, -0.1) is 0 Å². The maximum absolute atomic E-state index is 14.0. The van der Waals surface area contributed by atoms with Crippen molar-refractivity contribution < 1.29 is 37.5 Å². The molecule has 3 aromatic rings. The first-order valence-corrected chi connectivity index (χ1v) is 15.5. The first-order valence-electron chi connectivity index (χ1n) is 13.8. The zero-order chi connectivity index (χ0) is 31.4. The number of likely N-dealkylation sites (tertiary alicyclic amines) is 1. The molecule has 0 aliphatic carbocycles. The van der Waals surface area contributed by atoms with Crippen LogP contribution in [0.1, 0.15) is 42.9 Å². The molecule has 228 valence electrons. The molecule has 0 aromatic heterocycles. The highest BCUT2D eigenvalue weighted by molar-refractivity contribution is 7.52. The minimum atomic E-state index is -5.73. The highest BCUT2D eigenvalue weighted by Crippen LogP contribution is 2.59. The molecule has 1 fully saturated rings. The molecule has 3 aromatic carbocycles. The van der Waals surface area contributed by atoms with Gasteiger partial charge >= 0.3 is 13.3 Å². The minimum absolute atomic E-state index is 0.150. The smallest absolute Gasteiger partial charge is 0.337 e. The Balaban J connectivity index is 1.47. The second kappa shape index (κ2) is 13.3. The number of amides is 3. The number of alkyl halides is 2. The number of halogens is 2. The highest BCUT2D eigenvalue weighted by atomic mass is 31.2. The lowest BCUT2D eigenvalue weighted by Gasteiger charge is -2.32. The summed E-state index contributed by atoms with van der Waals surface area (Å²) in [4.78, 5) is 60.3. The Morgan fingerprint density at radius 2 is 1.56 bits per heavy atom. The molecule has 1 aliphatic rings. The summed E-state index contributed by atoms with van der Waals surface area (Å²) >= 11 is 0. The second-order valence-electron chi connectivity index (χ2n) is 10.7. The van der Waals surface area contributed by atoms with E-state index in [-0.39, 0.29) is 18.7 Å². The maximum Gasteiger partial charge on any atom is 0.399 e. The van der Waals surface area contributed by atoms with E-state index in [9.17, 15) is 27.7 Å². The maximum atomic E-state index is 14.0. The SMILES string of the molecule is CC(=O)N(C(=O)[C@@H](N)Cc1ccc(C(F)(F)P(=O)(O)O)cc1)C1CCCCN(Cc2ccc(-c3ccccc3)cc2)C1=O. The number of nitrogens with two attached hydrogens (primary N) is 1. The number of benzene rings is 3. The second-order valence-corrected chi connectivity index (χ2v) is 12.3. The number of hydrogen-bond acceptors (Lipinski definition) is 5. The third-order valence-corrected chi connectivity index (χ3v) is 8.50. The van der Waals surface area contributed by atoms with Crippen LogP contribution in [0.15, 0.2) is 78.9 Å². The van der Waals surface area contributed by atoms with Gasteiger partial charge in [0.1, 0.15) is 6.04 Å². The first kappa shape index (κ1) is 32.2. The van der Waals surface area contributed by atoms with E-state index in [1.165, 1.54) is 19.1 Å². The molecule has 1 unspecified atom stereocenters. The normalized spacial score (nSPS) is 16.8. The monoisotopic (exact) mass is 613 g/mol. The van der Waals surface area contributed by atoms with E-state index in [0.29, 0.717) is 31.5 Å². The van der Waals surface area contributed by atoms with E-state index in [0.717, 1.165) is 33.7 Å². The van der Waals surface area contributed by atoms with E-state index < -0.39 is 42.7 Å². The molecule has 9 nitrogen and oxygen atoms in total. The van der Waals surface area contributed by atoms with Gasteiger partial charge in [-0.1, -0.05) is 78.9 Å². The molecule has 4 N–H and O–H groups in total. The molecule has 0 bridgehead atoms. The van der Waals surface area contributed by atoms with Gasteiger partial charge in [-0.2, -0.15) is 8.78 Å². The van der Waals surface area contributed by atoms with E-state index in [1.54, 1.807) is 4.90 Å². The third-order valence-electron chi connectivity index (χ3n) is 7.52. The standard InChI is InChI=1S/C31H34F2N3O6P/c1-21(37)36(29(38)27(34)19-22-12-16-26(17-13-22)31(32,33)43(40,41)42)28-9-5-6-18-35(30(28)39)20-23-10-14-25(15-11-23)24-7-3-2-4-8-24/h2-4,7-8,10-17,27-28H,5-6,9,18-20,34H2,1H3,(H2,40,41,42)/t27-,28?/m0/s1. The summed E-state index contributed by atoms with van der Waals surface area (Å²) < 4.78 is 39.1. The van der Waals surface area contributed by atoms with Crippen molar-refractivity contribution in [3.63, 3.8) is 0 Å². The molecule has 1 aliphatic heterocycles. The number of hydrogen-bond donors (Lipinski definition) is 3. The van der Waals surface area contributed by atoms with E-state index in [1.807, 2.05) is 54.6 Å². The Hall–Kier alpha value is -3.76. The quantitative estimate of drug-likeness (QED) is 0.304. The zero-order valence-corrected chi connectivity index (χ0v) is 24.5. The van der Waals surface area contributed by atoms with Gasteiger partial charge in [-0.3, -0.25) is 23.8 Å². The molecule has 1 saturated heterocycles. The predicted octanol–water partition coefficient (Wildman–Crippen LogP) is 4.41. The Bertz CT molecular complexity index is 1500. The number of carbonyl (C=O) groups is 3. The number of imide groups is 1. The van der Waals surface area contributed by atoms with Gasteiger partial charge in [0.25, 0.3) is 0 Å². The summed E-state index contributed by atoms with van der Waals surface area (Å²) in [6, 6.07) is 19.5. The van der Waals surface area contributed by atoms with Crippen LogP contribution >= 0.6 is 7.60 Å². The van der Waals surface area contributed by atoms with Crippen molar-refractivity contribution in [2.24, 2.45) is 5.73 Å². The van der Waals surface area contributed by atoms with Crippen molar-refractivity contribution >= 4 is 25.3 Å². The third kappa shape index (κ3) is 7.43. The molecular formula is C31H34F2N3O6P. The van der Waals surface area contributed by atoms with Crippen LogP contribution in [0.4, 0.5) is 8.78 Å². The van der Waals surface area contributed by atoms with Crippen molar-refractivity contribution in [2.45, 2.75) is 56.9 Å². The highest BCUT2D eigenvalue weighted by Gasteiger charge is 2.50. The van der Waals surface area contributed by atoms with Crippen molar-refractivity contribution in [1.82, 2.24) is 9.80 Å². The van der Waals surface area contributed by atoms with Crippen LogP contribution in [0.2, 0.25) is 0 Å². The lowest BCUT2D eigenvalue weighted by Crippen LogP contribution is -2.56. The van der Waals surface area contributed by atoms with Crippen LogP contribution in [-0.4, -0.2) is 55.9 Å². The van der Waals surface area contributed by atoms with Crippen LogP contribution in [0.3, 0.4) is 0 Å². The fourth-order valence-corrected chi connectivity index (χ4v) is 5.68. The van der Waals surface area contributed by atoms with Gasteiger partial charge in [0.2, 0.25) is 17.7 Å². The van der Waals surface area contributed by atoms with Gasteiger partial charge in [0, 0.05) is 25.6 Å². The largest absolute Gasteiger partial charge is 0.399 e. The van der Waals surface area contributed by atoms with Crippen LogP contribution in [0.25, 0.3) is 11.1 Å². The van der Waals surface area contributed by atoms with Gasteiger partial charge in [-0.05, 0) is 47.9 Å². The molecular weight excluding hydrogens is 579 g/mol. The fraction of sp³-hybridized carbons (Fsp3) is 0.323. The Morgan fingerprint density at radius 3 is 2.14 bits per heavy atom. The van der Waals surface area contributed by atoms with Gasteiger partial charge < -0.3 is 20.4 Å².